The van der Waals surface area contributed by atoms with Crippen LogP contribution in [-0.2, 0) is 10.0 Å². The van der Waals surface area contributed by atoms with Crippen LogP contribution in [0.4, 0.5) is 0 Å². The number of hydrazine groups is 1. The maximum absolute atomic E-state index is 11.7. The first kappa shape index (κ1) is 11.8. The molecule has 2 rings (SSSR count). The quantitative estimate of drug-likeness (QED) is 0.609. The summed E-state index contributed by atoms with van der Waals surface area (Å²) in [5.41, 5.74) is 0.478. The van der Waals surface area contributed by atoms with Gasteiger partial charge in [-0.3, -0.25) is 10.8 Å². The molecule has 0 amide bonds. The Kier molecular flexibility index (Phi) is 2.97. The summed E-state index contributed by atoms with van der Waals surface area (Å²) >= 11 is 0. The van der Waals surface area contributed by atoms with Crippen LogP contribution >= 0.6 is 0 Å². The lowest BCUT2D eigenvalue weighted by atomic mass is 10.2. The summed E-state index contributed by atoms with van der Waals surface area (Å²) in [7, 11) is -2.22. The number of ether oxygens (including phenoxy) is 1. The van der Waals surface area contributed by atoms with Crippen LogP contribution < -0.4 is 15.4 Å². The lowest BCUT2D eigenvalue weighted by molar-refractivity contribution is 0.418. The molecule has 0 atom stereocenters. The predicted molar refractivity (Wildman–Crippen MR) is 62.8 cm³/mol. The van der Waals surface area contributed by atoms with Crippen LogP contribution in [0.2, 0.25) is 0 Å². The molecule has 0 bridgehead atoms. The zero-order chi connectivity index (χ0) is 12.5. The van der Waals surface area contributed by atoms with Gasteiger partial charge in [0, 0.05) is 11.6 Å². The molecule has 0 aliphatic carbocycles. The molecule has 1 heterocycles. The maximum atomic E-state index is 11.7. The summed E-state index contributed by atoms with van der Waals surface area (Å²) in [5, 5.41) is 0.463. The van der Waals surface area contributed by atoms with E-state index < -0.39 is 10.0 Å². The summed E-state index contributed by atoms with van der Waals surface area (Å²) in [6.45, 7) is 0. The molecule has 0 saturated heterocycles. The average Bonchev–Trinajstić information content (AvgIpc) is 2.37. The Balaban J connectivity index is 2.85. The molecule has 0 aliphatic rings. The molecule has 0 aliphatic heterocycles. The topological polar surface area (TPSA) is 94.3 Å². The van der Waals surface area contributed by atoms with E-state index >= 15 is 0 Å². The molecule has 17 heavy (non-hydrogen) atoms. The fourth-order valence-electron chi connectivity index (χ4n) is 1.58. The van der Waals surface area contributed by atoms with Crippen molar-refractivity contribution in [3.63, 3.8) is 0 Å². The molecule has 1 aromatic heterocycles. The van der Waals surface area contributed by atoms with E-state index in [0.717, 1.165) is 0 Å². The number of hydrogen-bond donors (Lipinski definition) is 2. The maximum Gasteiger partial charge on any atom is 0.253 e. The van der Waals surface area contributed by atoms with Crippen LogP contribution in [0.25, 0.3) is 10.9 Å². The van der Waals surface area contributed by atoms with E-state index in [1.165, 1.54) is 13.2 Å². The number of nitrogens with one attached hydrogen (secondary N) is 1. The molecule has 0 radical (unpaired) electrons. The normalized spacial score (nSPS) is 11.6. The van der Waals surface area contributed by atoms with E-state index in [4.69, 9.17) is 10.6 Å². The van der Waals surface area contributed by atoms with Gasteiger partial charge in [-0.25, -0.2) is 8.42 Å². The van der Waals surface area contributed by atoms with Gasteiger partial charge in [-0.1, -0.05) is 0 Å². The second kappa shape index (κ2) is 4.28. The SMILES string of the molecule is COc1ccc(S(=O)(=O)NN)c2cccnc12. The van der Waals surface area contributed by atoms with Crippen LogP contribution in [0.15, 0.2) is 35.4 Å². The number of aromatic nitrogens is 1. The molecule has 2 aromatic rings. The number of fused-ring (bicyclic) bond motifs is 1. The number of hydrogen-bond acceptors (Lipinski definition) is 5. The number of nitrogens with two attached hydrogens (primary N) is 1. The van der Waals surface area contributed by atoms with Crippen molar-refractivity contribution in [1.29, 1.82) is 0 Å². The molecule has 90 valence electrons. The van der Waals surface area contributed by atoms with Gasteiger partial charge in [-0.2, -0.15) is 4.83 Å². The van der Waals surface area contributed by atoms with Crippen LogP contribution in [0, 0.1) is 0 Å². The smallest absolute Gasteiger partial charge is 0.253 e. The van der Waals surface area contributed by atoms with Crippen LogP contribution in [0.1, 0.15) is 0 Å². The Morgan fingerprint density at radius 3 is 2.76 bits per heavy atom. The Morgan fingerprint density at radius 2 is 2.12 bits per heavy atom. The molecule has 1 aromatic carbocycles. The van der Waals surface area contributed by atoms with Crippen LogP contribution in [0.5, 0.6) is 5.75 Å². The molecule has 0 saturated carbocycles. The van der Waals surface area contributed by atoms with E-state index in [1.54, 1.807) is 29.2 Å². The lowest BCUT2D eigenvalue weighted by Gasteiger charge is -2.09. The minimum atomic E-state index is -3.72. The second-order valence-corrected chi connectivity index (χ2v) is 4.97. The first-order valence-corrected chi connectivity index (χ1v) is 6.22. The van der Waals surface area contributed by atoms with Crippen molar-refractivity contribution in [1.82, 2.24) is 9.82 Å². The van der Waals surface area contributed by atoms with Crippen molar-refractivity contribution < 1.29 is 13.2 Å². The van der Waals surface area contributed by atoms with E-state index in [9.17, 15) is 8.42 Å². The number of rotatable bonds is 3. The number of pyridine rings is 1. The summed E-state index contributed by atoms with van der Waals surface area (Å²) in [5.74, 6) is 5.52. The molecule has 6 nitrogen and oxygen atoms in total. The van der Waals surface area contributed by atoms with E-state index in [-0.39, 0.29) is 4.90 Å². The van der Waals surface area contributed by atoms with Gasteiger partial charge < -0.3 is 4.74 Å². The number of nitrogens with zero attached hydrogens (tertiary/aromatic N) is 1. The minimum Gasteiger partial charge on any atom is -0.494 e. The van der Waals surface area contributed by atoms with Crippen molar-refractivity contribution in [2.24, 2.45) is 5.84 Å². The third-order valence-electron chi connectivity index (χ3n) is 2.36. The summed E-state index contributed by atoms with van der Waals surface area (Å²) in [4.78, 5) is 5.97. The average molecular weight is 253 g/mol. The predicted octanol–water partition coefficient (Wildman–Crippen LogP) is 0.395. The Hall–Kier alpha value is -1.70. The van der Waals surface area contributed by atoms with Crippen molar-refractivity contribution in [2.75, 3.05) is 7.11 Å². The van der Waals surface area contributed by atoms with Crippen LogP contribution in [-0.4, -0.2) is 20.5 Å². The zero-order valence-corrected chi connectivity index (χ0v) is 9.86. The summed E-state index contributed by atoms with van der Waals surface area (Å²) in [6, 6.07) is 6.27. The fraction of sp³-hybridized carbons (Fsp3) is 0.100. The van der Waals surface area contributed by atoms with E-state index in [1.807, 2.05) is 0 Å². The highest BCUT2D eigenvalue weighted by molar-refractivity contribution is 7.89. The fourth-order valence-corrected chi connectivity index (χ4v) is 2.41. The third-order valence-corrected chi connectivity index (χ3v) is 3.60. The molecule has 3 N–H and O–H groups in total. The highest BCUT2D eigenvalue weighted by Gasteiger charge is 2.17. The molecule has 0 unspecified atom stereocenters. The number of benzene rings is 1. The molecular formula is C10H11N3O3S. The van der Waals surface area contributed by atoms with Crippen molar-refractivity contribution >= 4 is 20.9 Å². The van der Waals surface area contributed by atoms with Gasteiger partial charge in [0.2, 0.25) is 0 Å². The monoisotopic (exact) mass is 253 g/mol. The van der Waals surface area contributed by atoms with Crippen LogP contribution in [0.3, 0.4) is 0 Å². The van der Waals surface area contributed by atoms with Gasteiger partial charge >= 0.3 is 0 Å². The van der Waals surface area contributed by atoms with Crippen molar-refractivity contribution in [3.8, 4) is 5.75 Å². The first-order valence-electron chi connectivity index (χ1n) is 4.74. The molecule has 0 spiro atoms. The molecular weight excluding hydrogens is 242 g/mol. The van der Waals surface area contributed by atoms with Gasteiger partial charge in [0.1, 0.15) is 11.3 Å². The Morgan fingerprint density at radius 1 is 1.35 bits per heavy atom. The van der Waals surface area contributed by atoms with Gasteiger partial charge in [-0.05, 0) is 24.3 Å². The van der Waals surface area contributed by atoms with E-state index in [0.29, 0.717) is 16.7 Å². The number of sulfonamides is 1. The molecule has 0 fully saturated rings. The van der Waals surface area contributed by atoms with E-state index in [2.05, 4.69) is 4.98 Å². The largest absolute Gasteiger partial charge is 0.494 e. The highest BCUT2D eigenvalue weighted by Crippen LogP contribution is 2.28. The first-order chi connectivity index (χ1) is 8.10. The Labute approximate surface area is 98.4 Å². The van der Waals surface area contributed by atoms with Gasteiger partial charge in [0.15, 0.2) is 0 Å². The number of methoxy groups -OCH3 is 1. The second-order valence-electron chi connectivity index (χ2n) is 3.29. The summed E-state index contributed by atoms with van der Waals surface area (Å²) in [6.07, 6.45) is 1.57. The van der Waals surface area contributed by atoms with Gasteiger partial charge in [0.25, 0.3) is 10.0 Å². The van der Waals surface area contributed by atoms with Crippen molar-refractivity contribution in [3.05, 3.63) is 30.5 Å². The molecule has 7 heteroatoms. The minimum absolute atomic E-state index is 0.0731. The Bertz CT molecular complexity index is 655. The summed E-state index contributed by atoms with van der Waals surface area (Å²) < 4.78 is 28.5. The van der Waals surface area contributed by atoms with Gasteiger partial charge in [0.05, 0.1) is 12.0 Å². The van der Waals surface area contributed by atoms with Gasteiger partial charge in [-0.15, -0.1) is 0 Å². The van der Waals surface area contributed by atoms with Crippen molar-refractivity contribution in [2.45, 2.75) is 4.90 Å². The highest BCUT2D eigenvalue weighted by atomic mass is 32.2. The third kappa shape index (κ3) is 1.95. The lowest BCUT2D eigenvalue weighted by Crippen LogP contribution is -2.30. The standard InChI is InChI=1S/C10H11N3O3S/c1-16-8-4-5-9(17(14,15)13-11)7-3-2-6-12-10(7)8/h2-6,13H,11H2,1H3. The zero-order valence-electron chi connectivity index (χ0n) is 9.04.